The van der Waals surface area contributed by atoms with Crippen molar-refractivity contribution in [1.82, 2.24) is 15.0 Å². The first kappa shape index (κ1) is 38.8. The van der Waals surface area contributed by atoms with Crippen LogP contribution < -0.4 is 26.3 Å². The molecule has 5 aromatic rings. The van der Waals surface area contributed by atoms with Gasteiger partial charge in [0.1, 0.15) is 35.6 Å². The predicted octanol–water partition coefficient (Wildman–Crippen LogP) is 4.89. The Bertz CT molecular complexity index is 2030. The molecule has 0 aliphatic heterocycles. The molecule has 1 aromatic heterocycles. The molecule has 0 bridgehead atoms. The number of nitrogens with two attached hydrogens (primary N) is 2. The Kier molecular flexibility index (Phi) is 13.5. The number of benzene rings is 4. The topological polar surface area (TPSA) is 205 Å². The minimum absolute atomic E-state index is 0. The average Bonchev–Trinajstić information content (AvgIpc) is 3.12. The largest absolute Gasteiger partial charge is 0.507 e. The molecule has 257 valence electrons. The van der Waals surface area contributed by atoms with E-state index < -0.39 is 23.1 Å². The van der Waals surface area contributed by atoms with E-state index in [2.05, 4.69) is 34.4 Å². The zero-order valence-electron chi connectivity index (χ0n) is 28.0. The summed E-state index contributed by atoms with van der Waals surface area (Å²) >= 11 is 0. The number of carbonyl (C=O) groups excluding carboxylic acids is 2. The van der Waals surface area contributed by atoms with E-state index in [0.29, 0.717) is 49.7 Å². The molecule has 3 radical (unpaired) electrons. The first-order valence-electron chi connectivity index (χ1n) is 15.6. The maximum absolute atomic E-state index is 13.5. The second kappa shape index (κ2) is 17.8. The van der Waals surface area contributed by atoms with Gasteiger partial charge in [0.05, 0.1) is 36.7 Å². The Morgan fingerprint density at radius 3 is 2.31 bits per heavy atom. The van der Waals surface area contributed by atoms with Gasteiger partial charge in [0, 0.05) is 69.1 Å². The number of para-hydroxylation sites is 1. The van der Waals surface area contributed by atoms with Crippen LogP contribution in [0.2, 0.25) is 6.82 Å². The molecule has 4 aromatic carbocycles. The Balaban J connectivity index is 0.00000191. The first-order chi connectivity index (χ1) is 24.2. The standard InChI is InChI=1S/C35H31N6O7.CH3B.Y/c1-19-16-20(22-17-24(37)28-30(31(22)43)33(45)27-23(36)9-10-25(42)29(27)32(28)44)8-11-26(19)48-35-40-18-39-34(41-35)38-12-5-13-46-14-15-47-21-6-3-2-4-7-21;1-2;/h2-4,6-11,16-17,42-43H,5,12-15,36-37H2,1H3,(H,38,39,40,41);1H3;/q-1;;. The molecule has 0 atom stereocenters. The fourth-order valence-electron chi connectivity index (χ4n) is 5.33. The van der Waals surface area contributed by atoms with E-state index in [4.69, 9.17) is 25.7 Å². The van der Waals surface area contributed by atoms with Crippen molar-refractivity contribution in [2.24, 2.45) is 0 Å². The van der Waals surface area contributed by atoms with Crippen LogP contribution in [0.4, 0.5) is 17.3 Å². The van der Waals surface area contributed by atoms with Crippen LogP contribution in [0.3, 0.4) is 0 Å². The van der Waals surface area contributed by atoms with Gasteiger partial charge in [-0.15, -0.1) is 0 Å². The monoisotopic (exact) mass is 762 g/mol. The van der Waals surface area contributed by atoms with Crippen LogP contribution in [0.25, 0.3) is 11.1 Å². The molecule has 0 unspecified atom stereocenters. The number of hydrogen-bond acceptors (Lipinski definition) is 13. The van der Waals surface area contributed by atoms with E-state index in [1.807, 2.05) is 30.3 Å². The molecule has 0 saturated heterocycles. The molecule has 0 fully saturated rings. The van der Waals surface area contributed by atoms with E-state index in [1.54, 1.807) is 25.1 Å². The number of carbonyl (C=O) groups is 2. The summed E-state index contributed by atoms with van der Waals surface area (Å²) in [5.74, 6) is -0.753. The molecule has 15 heteroatoms. The van der Waals surface area contributed by atoms with Crippen molar-refractivity contribution in [2.75, 3.05) is 43.1 Å². The van der Waals surface area contributed by atoms with Crippen LogP contribution in [0.5, 0.6) is 29.0 Å². The van der Waals surface area contributed by atoms with Gasteiger partial charge in [0.15, 0.2) is 0 Å². The van der Waals surface area contributed by atoms with Crippen LogP contribution in [-0.4, -0.2) is 70.9 Å². The molecule has 51 heavy (non-hydrogen) atoms. The number of fused-ring (bicyclic) bond motifs is 2. The number of phenolic OH excluding ortho intramolecular Hbond substituents is 2. The Morgan fingerprint density at radius 1 is 0.843 bits per heavy atom. The zero-order chi connectivity index (χ0) is 35.8. The maximum Gasteiger partial charge on any atom is 0.206 e. The number of phenols is 2. The van der Waals surface area contributed by atoms with Gasteiger partial charge in [-0.05, 0) is 66.9 Å². The third kappa shape index (κ3) is 8.65. The third-order valence-corrected chi connectivity index (χ3v) is 7.63. The Hall–Kier alpha value is -5.04. The number of nitrogens with zero attached hydrogens (tertiary/aromatic N) is 3. The minimum Gasteiger partial charge on any atom is -0.507 e. The Labute approximate surface area is 321 Å². The van der Waals surface area contributed by atoms with Crippen LogP contribution in [0.15, 0.2) is 66.7 Å². The second-order valence-corrected chi connectivity index (χ2v) is 10.9. The molecule has 6 rings (SSSR count). The van der Waals surface area contributed by atoms with Crippen LogP contribution in [0, 0.1) is 13.3 Å². The number of nitrogen functional groups attached to an aromatic ring is 2. The minimum atomic E-state index is -0.716. The molecular weight excluding hydrogens is 728 g/mol. The van der Waals surface area contributed by atoms with Gasteiger partial charge in [-0.1, -0.05) is 31.1 Å². The molecule has 1 aliphatic rings. The summed E-state index contributed by atoms with van der Waals surface area (Å²) in [5, 5.41) is 24.7. The van der Waals surface area contributed by atoms with Gasteiger partial charge in [-0.2, -0.15) is 0 Å². The van der Waals surface area contributed by atoms with Gasteiger partial charge in [-0.25, -0.2) is 0 Å². The number of hydrogen-bond donors (Lipinski definition) is 5. The van der Waals surface area contributed by atoms with Crippen molar-refractivity contribution >= 4 is 36.7 Å². The number of aromatic hydroxyl groups is 2. The number of aromatic nitrogens is 3. The number of nitrogens with one attached hydrogen (secondary N) is 1. The number of ether oxygens (including phenoxy) is 3. The summed E-state index contributed by atoms with van der Waals surface area (Å²) in [6, 6.07) is 18.5. The van der Waals surface area contributed by atoms with E-state index in [-0.39, 0.29) is 83.9 Å². The normalized spacial score (nSPS) is 11.3. The second-order valence-electron chi connectivity index (χ2n) is 10.9. The third-order valence-electron chi connectivity index (χ3n) is 7.63. The zero-order valence-corrected chi connectivity index (χ0v) is 30.8. The predicted molar refractivity (Wildman–Crippen MR) is 188 cm³/mol. The summed E-state index contributed by atoms with van der Waals surface area (Å²) in [4.78, 5) is 39.1. The van der Waals surface area contributed by atoms with Gasteiger partial charge >= 0.3 is 0 Å². The SMILES string of the molecule is Cc1cc(-c2cc(N)c3c(c2O)C(=O)c2c(N)ccc(O)c2C3=O)ccc1Oc1n[c-]nc(NCCCOCCOc2ccccc2)n1.[B]C.[Y]. The molecule has 1 aliphatic carbocycles. The summed E-state index contributed by atoms with van der Waals surface area (Å²) in [6.45, 7) is 5.28. The molecular formula is C36H34BN6O7Y-. The van der Waals surface area contributed by atoms with Gasteiger partial charge in [0.2, 0.25) is 17.6 Å². The molecule has 7 N–H and O–H groups in total. The maximum atomic E-state index is 13.5. The van der Waals surface area contributed by atoms with Crippen molar-refractivity contribution in [3.05, 3.63) is 101 Å². The Morgan fingerprint density at radius 2 is 1.57 bits per heavy atom. The smallest absolute Gasteiger partial charge is 0.206 e. The number of ketones is 2. The van der Waals surface area contributed by atoms with Gasteiger partial charge in [-0.3, -0.25) is 14.6 Å². The number of rotatable bonds is 12. The summed E-state index contributed by atoms with van der Waals surface area (Å²) in [6.07, 6.45) is 3.23. The van der Waals surface area contributed by atoms with Crippen molar-refractivity contribution in [1.29, 1.82) is 0 Å². The van der Waals surface area contributed by atoms with Crippen molar-refractivity contribution in [3.63, 3.8) is 0 Å². The summed E-state index contributed by atoms with van der Waals surface area (Å²) in [5.41, 5.74) is 12.7. The van der Waals surface area contributed by atoms with Gasteiger partial charge < -0.3 is 51.2 Å². The van der Waals surface area contributed by atoms with Crippen LogP contribution >= 0.6 is 0 Å². The van der Waals surface area contributed by atoms with Crippen LogP contribution in [-0.2, 0) is 37.4 Å². The molecule has 0 amide bonds. The quantitative estimate of drug-likeness (QED) is 0.0371. The van der Waals surface area contributed by atoms with Crippen LogP contribution in [0.1, 0.15) is 43.8 Å². The first-order valence-corrected chi connectivity index (χ1v) is 15.6. The molecule has 0 spiro atoms. The molecule has 0 saturated carbocycles. The fourth-order valence-corrected chi connectivity index (χ4v) is 5.33. The average molecular weight is 762 g/mol. The van der Waals surface area contributed by atoms with Crippen molar-refractivity contribution in [2.45, 2.75) is 20.2 Å². The molecule has 13 nitrogen and oxygen atoms in total. The van der Waals surface area contributed by atoms with Crippen molar-refractivity contribution in [3.8, 4) is 40.1 Å². The van der Waals surface area contributed by atoms with Gasteiger partial charge in [0.25, 0.3) is 0 Å². The van der Waals surface area contributed by atoms with Crippen molar-refractivity contribution < 1.29 is 66.7 Å². The summed E-state index contributed by atoms with van der Waals surface area (Å²) < 4.78 is 17.1. The van der Waals surface area contributed by atoms with E-state index >= 15 is 0 Å². The van der Waals surface area contributed by atoms with E-state index in [9.17, 15) is 19.8 Å². The summed E-state index contributed by atoms with van der Waals surface area (Å²) in [7, 11) is 4.50. The number of aryl methyl sites for hydroxylation is 1. The number of anilines is 3. The van der Waals surface area contributed by atoms with E-state index in [1.165, 1.54) is 25.0 Å². The molecule has 1 heterocycles. The van der Waals surface area contributed by atoms with E-state index in [0.717, 1.165) is 5.75 Å². The fraction of sp³-hybridized carbons (Fsp3) is 0.194.